The molecule has 0 fully saturated rings. The zero-order valence-corrected chi connectivity index (χ0v) is 22.8. The van der Waals surface area contributed by atoms with E-state index in [1.165, 1.54) is 54.5 Å². The van der Waals surface area contributed by atoms with Crippen molar-refractivity contribution in [1.29, 1.82) is 0 Å². The van der Waals surface area contributed by atoms with Crippen LogP contribution in [0.2, 0.25) is 0 Å². The second kappa shape index (κ2) is 9.39. The minimum Gasteiger partial charge on any atom is -0.343 e. The predicted octanol–water partition coefficient (Wildman–Crippen LogP) is 10.8. The van der Waals surface area contributed by atoms with Gasteiger partial charge in [-0.2, -0.15) is 0 Å². The zero-order valence-electron chi connectivity index (χ0n) is 22.8. The van der Waals surface area contributed by atoms with Crippen LogP contribution < -0.4 is 4.90 Å². The summed E-state index contributed by atoms with van der Waals surface area (Å²) in [6.07, 6.45) is 0. The molecule has 0 bridgehead atoms. The Kier molecular flexibility index (Phi) is 5.39. The summed E-state index contributed by atoms with van der Waals surface area (Å²) >= 11 is 0. The van der Waals surface area contributed by atoms with Gasteiger partial charge in [-0.05, 0) is 63.7 Å². The number of anilines is 3. The number of hydrogen-bond donors (Lipinski definition) is 0. The SMILES string of the molecule is Cn1c2cc(N(c3ccccc3)c3ccc(-c4ccccc4)cc3)ccc2c2c3ccccc3c3ccccc3c21. The molecule has 0 saturated heterocycles. The van der Waals surface area contributed by atoms with Crippen LogP contribution in [0, 0.1) is 0 Å². The first kappa shape index (κ1) is 23.5. The number of benzene rings is 7. The van der Waals surface area contributed by atoms with Gasteiger partial charge in [-0.25, -0.2) is 0 Å². The van der Waals surface area contributed by atoms with Crippen molar-refractivity contribution in [3.8, 4) is 11.1 Å². The highest BCUT2D eigenvalue weighted by Crippen LogP contribution is 2.43. The van der Waals surface area contributed by atoms with Gasteiger partial charge in [-0.3, -0.25) is 0 Å². The van der Waals surface area contributed by atoms with Crippen LogP contribution in [-0.2, 0) is 7.05 Å². The molecule has 8 aromatic rings. The molecule has 7 aromatic carbocycles. The molecule has 2 heteroatoms. The first-order valence-corrected chi connectivity index (χ1v) is 14.1. The Bertz CT molecular complexity index is 2190. The lowest BCUT2D eigenvalue weighted by Gasteiger charge is -2.26. The second-order valence-corrected chi connectivity index (χ2v) is 10.7. The molecule has 1 heterocycles. The molecule has 0 spiro atoms. The summed E-state index contributed by atoms with van der Waals surface area (Å²) < 4.78 is 2.38. The van der Waals surface area contributed by atoms with Crippen LogP contribution in [0.25, 0.3) is 54.5 Å². The largest absolute Gasteiger partial charge is 0.343 e. The Morgan fingerprint density at radius 3 is 1.63 bits per heavy atom. The molecular weight excluding hydrogens is 496 g/mol. The fourth-order valence-electron chi connectivity index (χ4n) is 6.47. The molecule has 0 saturated carbocycles. The standard InChI is InChI=1S/C39H28N2/c1-40-37-26-31(24-25-36(37)38-34-18-10-8-16-32(34)33-17-9-11-19-35(33)39(38)40)41(29-14-6-3-7-15-29)30-22-20-28(21-23-30)27-12-4-2-5-13-27/h2-26H,1H3. The van der Waals surface area contributed by atoms with E-state index in [-0.39, 0.29) is 0 Å². The molecule has 0 N–H and O–H groups in total. The molecule has 0 aliphatic heterocycles. The van der Waals surface area contributed by atoms with Gasteiger partial charge in [-0.1, -0.05) is 115 Å². The topological polar surface area (TPSA) is 8.17 Å². The lowest BCUT2D eigenvalue weighted by molar-refractivity contribution is 1.02. The predicted molar refractivity (Wildman–Crippen MR) is 176 cm³/mol. The van der Waals surface area contributed by atoms with Crippen molar-refractivity contribution < 1.29 is 0 Å². The third-order valence-corrected chi connectivity index (χ3v) is 8.36. The molecule has 1 aromatic heterocycles. The van der Waals surface area contributed by atoms with Gasteiger partial charge < -0.3 is 9.47 Å². The first-order valence-electron chi connectivity index (χ1n) is 14.1. The Balaban J connectivity index is 1.36. The molecule has 0 atom stereocenters. The molecule has 8 rings (SSSR count). The number of aromatic nitrogens is 1. The molecule has 0 aliphatic rings. The van der Waals surface area contributed by atoms with E-state index in [1.807, 2.05) is 0 Å². The van der Waals surface area contributed by atoms with Crippen molar-refractivity contribution in [2.75, 3.05) is 4.90 Å². The molecule has 41 heavy (non-hydrogen) atoms. The first-order chi connectivity index (χ1) is 20.3. The van der Waals surface area contributed by atoms with Crippen molar-refractivity contribution in [1.82, 2.24) is 4.57 Å². The van der Waals surface area contributed by atoms with Crippen molar-refractivity contribution in [2.45, 2.75) is 0 Å². The van der Waals surface area contributed by atoms with Crippen molar-refractivity contribution >= 4 is 60.4 Å². The van der Waals surface area contributed by atoms with Crippen LogP contribution in [0.15, 0.2) is 152 Å². The van der Waals surface area contributed by atoms with E-state index in [0.29, 0.717) is 0 Å². The normalized spacial score (nSPS) is 11.5. The average Bonchev–Trinajstić information content (AvgIpc) is 3.34. The van der Waals surface area contributed by atoms with Gasteiger partial charge in [0.15, 0.2) is 0 Å². The highest BCUT2D eigenvalue weighted by atomic mass is 15.1. The summed E-state index contributed by atoms with van der Waals surface area (Å²) in [6, 6.07) is 54.6. The molecule has 0 amide bonds. The highest BCUT2D eigenvalue weighted by molar-refractivity contribution is 6.31. The summed E-state index contributed by atoms with van der Waals surface area (Å²) in [5.74, 6) is 0. The van der Waals surface area contributed by atoms with Gasteiger partial charge >= 0.3 is 0 Å². The van der Waals surface area contributed by atoms with Crippen molar-refractivity contribution in [2.24, 2.45) is 7.05 Å². The van der Waals surface area contributed by atoms with Crippen LogP contribution >= 0.6 is 0 Å². The summed E-state index contributed by atoms with van der Waals surface area (Å²) in [5.41, 5.74) is 8.34. The molecule has 194 valence electrons. The Morgan fingerprint density at radius 2 is 0.927 bits per heavy atom. The molecular formula is C39H28N2. The van der Waals surface area contributed by atoms with E-state index in [2.05, 4.69) is 168 Å². The smallest absolute Gasteiger partial charge is 0.0574 e. The monoisotopic (exact) mass is 524 g/mol. The number of fused-ring (bicyclic) bond motifs is 8. The molecule has 0 aliphatic carbocycles. The van der Waals surface area contributed by atoms with Gasteiger partial charge in [-0.15, -0.1) is 0 Å². The second-order valence-electron chi connectivity index (χ2n) is 10.7. The molecule has 2 nitrogen and oxygen atoms in total. The maximum absolute atomic E-state index is 2.38. The fraction of sp³-hybridized carbons (Fsp3) is 0.0256. The summed E-state index contributed by atoms with van der Waals surface area (Å²) in [4.78, 5) is 2.35. The maximum atomic E-state index is 2.38. The van der Waals surface area contributed by atoms with Crippen LogP contribution in [0.4, 0.5) is 17.1 Å². The number of para-hydroxylation sites is 1. The summed E-state index contributed by atoms with van der Waals surface area (Å²) in [6.45, 7) is 0. The van der Waals surface area contributed by atoms with Gasteiger partial charge in [0, 0.05) is 40.3 Å². The van der Waals surface area contributed by atoms with Crippen LogP contribution in [0.5, 0.6) is 0 Å². The van der Waals surface area contributed by atoms with E-state index in [1.54, 1.807) is 0 Å². The van der Waals surface area contributed by atoms with Crippen LogP contribution in [0.3, 0.4) is 0 Å². The molecule has 0 unspecified atom stereocenters. The van der Waals surface area contributed by atoms with E-state index in [0.717, 1.165) is 17.1 Å². The Morgan fingerprint density at radius 1 is 0.415 bits per heavy atom. The lowest BCUT2D eigenvalue weighted by atomic mass is 9.97. The molecule has 0 radical (unpaired) electrons. The summed E-state index contributed by atoms with van der Waals surface area (Å²) in [5, 5.41) is 7.79. The Hall–Kier alpha value is -5.34. The zero-order chi connectivity index (χ0) is 27.3. The van der Waals surface area contributed by atoms with E-state index in [9.17, 15) is 0 Å². The fourth-order valence-corrected chi connectivity index (χ4v) is 6.47. The number of aryl methyl sites for hydroxylation is 1. The van der Waals surface area contributed by atoms with E-state index < -0.39 is 0 Å². The van der Waals surface area contributed by atoms with E-state index >= 15 is 0 Å². The van der Waals surface area contributed by atoms with Crippen LogP contribution in [-0.4, -0.2) is 4.57 Å². The number of rotatable bonds is 4. The van der Waals surface area contributed by atoms with Crippen molar-refractivity contribution in [3.63, 3.8) is 0 Å². The third-order valence-electron chi connectivity index (χ3n) is 8.36. The maximum Gasteiger partial charge on any atom is 0.0574 e. The van der Waals surface area contributed by atoms with Crippen molar-refractivity contribution in [3.05, 3.63) is 152 Å². The minimum absolute atomic E-state index is 1.13. The van der Waals surface area contributed by atoms with Gasteiger partial charge in [0.25, 0.3) is 0 Å². The number of hydrogen-bond acceptors (Lipinski definition) is 1. The van der Waals surface area contributed by atoms with Gasteiger partial charge in [0.1, 0.15) is 0 Å². The lowest BCUT2D eigenvalue weighted by Crippen LogP contribution is -2.09. The Labute approximate surface area is 239 Å². The quantitative estimate of drug-likeness (QED) is 0.208. The highest BCUT2D eigenvalue weighted by Gasteiger charge is 2.19. The van der Waals surface area contributed by atoms with Crippen LogP contribution in [0.1, 0.15) is 0 Å². The third kappa shape index (κ3) is 3.72. The average molecular weight is 525 g/mol. The number of nitrogens with zero attached hydrogens (tertiary/aromatic N) is 2. The van der Waals surface area contributed by atoms with Gasteiger partial charge in [0.05, 0.1) is 11.0 Å². The minimum atomic E-state index is 1.13. The van der Waals surface area contributed by atoms with Gasteiger partial charge in [0.2, 0.25) is 0 Å². The van der Waals surface area contributed by atoms with E-state index in [4.69, 9.17) is 0 Å². The summed E-state index contributed by atoms with van der Waals surface area (Å²) in [7, 11) is 2.21.